The van der Waals surface area contributed by atoms with Crippen LogP contribution >= 0.6 is 47.0 Å². The van der Waals surface area contributed by atoms with Crippen molar-refractivity contribution in [3.8, 4) is 5.75 Å². The summed E-state index contributed by atoms with van der Waals surface area (Å²) in [6, 6.07) is 4.11. The highest BCUT2D eigenvalue weighted by Crippen LogP contribution is 2.30. The Morgan fingerprint density at radius 1 is 1.35 bits per heavy atom. The van der Waals surface area contributed by atoms with Gasteiger partial charge in [0.25, 0.3) is 0 Å². The number of amides is 1. The number of hydrogen-bond donors (Lipinski definition) is 3. The Morgan fingerprint density at radius 3 is 2.42 bits per heavy atom. The van der Waals surface area contributed by atoms with Gasteiger partial charge in [0.05, 0.1) is 17.7 Å². The summed E-state index contributed by atoms with van der Waals surface area (Å²) in [6.45, 7) is 4.52. The summed E-state index contributed by atoms with van der Waals surface area (Å²) in [4.78, 5) is 11.2. The van der Waals surface area contributed by atoms with Crippen molar-refractivity contribution in [3.63, 3.8) is 0 Å². The first-order valence-corrected chi connectivity index (χ1v) is 9.96. The monoisotopic (exact) mass is 459 g/mol. The van der Waals surface area contributed by atoms with Gasteiger partial charge in [-0.3, -0.25) is 4.79 Å². The Morgan fingerprint density at radius 2 is 1.96 bits per heavy atom. The second kappa shape index (κ2) is 9.09. The molecule has 0 saturated heterocycles. The van der Waals surface area contributed by atoms with Crippen LogP contribution in [0.25, 0.3) is 0 Å². The molecule has 0 spiro atoms. The van der Waals surface area contributed by atoms with Crippen molar-refractivity contribution < 1.29 is 17.9 Å². The first-order chi connectivity index (χ1) is 11.9. The molecule has 1 atom stereocenters. The molecule has 0 heterocycles. The Bertz CT molecular complexity index is 810. The molecule has 12 heteroatoms. The maximum atomic E-state index is 11.8. The number of thiocarbonyl (C=S) groups is 1. The molecule has 0 radical (unpaired) electrons. The smallest absolute Gasteiger partial charge is 0.228 e. The van der Waals surface area contributed by atoms with Gasteiger partial charge in [-0.2, -0.15) is 0 Å². The Kier molecular flexibility index (Phi) is 7.97. The molecule has 0 saturated carbocycles. The van der Waals surface area contributed by atoms with Gasteiger partial charge in [-0.1, -0.05) is 41.4 Å². The number of anilines is 1. The van der Waals surface area contributed by atoms with Crippen LogP contribution in [0.5, 0.6) is 5.75 Å². The van der Waals surface area contributed by atoms with Crippen LogP contribution in [0.4, 0.5) is 5.69 Å². The molecular weight excluding hydrogens is 445 g/mol. The van der Waals surface area contributed by atoms with Crippen LogP contribution in [0.3, 0.4) is 0 Å². The van der Waals surface area contributed by atoms with E-state index in [-0.39, 0.29) is 15.8 Å². The molecule has 1 aromatic carbocycles. The lowest BCUT2D eigenvalue weighted by Crippen LogP contribution is -2.55. The largest absolute Gasteiger partial charge is 0.495 e. The summed E-state index contributed by atoms with van der Waals surface area (Å²) in [7, 11) is -2.26. The number of carbonyl (C=O) groups excluding carboxylic acids is 1. The highest BCUT2D eigenvalue weighted by molar-refractivity contribution is 7.94. The molecular formula is C14H16Cl3N3O4S2. The van der Waals surface area contributed by atoms with E-state index in [9.17, 15) is 13.2 Å². The van der Waals surface area contributed by atoms with E-state index in [1.807, 2.05) is 0 Å². The molecule has 1 aromatic rings. The van der Waals surface area contributed by atoms with Crippen LogP contribution in [-0.4, -0.2) is 36.5 Å². The zero-order chi connectivity index (χ0) is 20.1. The number of halogens is 3. The van der Waals surface area contributed by atoms with Crippen LogP contribution in [0.1, 0.15) is 6.92 Å². The Labute approximate surface area is 171 Å². The highest BCUT2D eigenvalue weighted by Gasteiger charge is 2.34. The molecule has 144 valence electrons. The van der Waals surface area contributed by atoms with E-state index in [1.54, 1.807) is 0 Å². The number of rotatable bonds is 6. The summed E-state index contributed by atoms with van der Waals surface area (Å²) in [6.07, 6.45) is -1.10. The molecule has 0 aromatic heterocycles. The zero-order valence-electron chi connectivity index (χ0n) is 13.7. The number of sulfone groups is 1. The van der Waals surface area contributed by atoms with Crippen LogP contribution in [0.15, 0.2) is 35.1 Å². The minimum absolute atomic E-state index is 0.00573. The molecule has 3 N–H and O–H groups in total. The zero-order valence-corrected chi connectivity index (χ0v) is 17.6. The van der Waals surface area contributed by atoms with Crippen molar-refractivity contribution in [1.82, 2.24) is 10.6 Å². The van der Waals surface area contributed by atoms with Gasteiger partial charge in [-0.15, -0.1) is 0 Å². The number of benzene rings is 1. The highest BCUT2D eigenvalue weighted by atomic mass is 35.6. The van der Waals surface area contributed by atoms with E-state index in [2.05, 4.69) is 22.5 Å². The van der Waals surface area contributed by atoms with E-state index >= 15 is 0 Å². The standard InChI is InChI=1S/C14H16Cl3N3O4S2/c1-4-26(22,23)9-5-6-10(11(7-9)24-3)19-13(25)20-12(14(15,16)17)18-8(2)21/h4-7,12H,1H2,2-3H3,(H,18,21)(H2,19,20,25). The molecule has 1 amide bonds. The predicted molar refractivity (Wildman–Crippen MR) is 108 cm³/mol. The summed E-state index contributed by atoms with van der Waals surface area (Å²) >= 11 is 22.5. The molecule has 0 bridgehead atoms. The van der Waals surface area contributed by atoms with Crippen molar-refractivity contribution in [1.29, 1.82) is 0 Å². The van der Waals surface area contributed by atoms with E-state index in [4.69, 9.17) is 51.8 Å². The van der Waals surface area contributed by atoms with Gasteiger partial charge in [0, 0.05) is 18.4 Å². The number of nitrogens with one attached hydrogen (secondary N) is 3. The SMILES string of the molecule is C=CS(=O)(=O)c1ccc(NC(=S)NC(NC(C)=O)C(Cl)(Cl)Cl)c(OC)c1. The Balaban J connectivity index is 3.02. The topological polar surface area (TPSA) is 96.5 Å². The lowest BCUT2D eigenvalue weighted by Gasteiger charge is -2.27. The quantitative estimate of drug-likeness (QED) is 0.341. The third kappa shape index (κ3) is 6.48. The van der Waals surface area contributed by atoms with Crippen LogP contribution in [-0.2, 0) is 14.6 Å². The van der Waals surface area contributed by atoms with Crippen LogP contribution in [0, 0.1) is 0 Å². The van der Waals surface area contributed by atoms with Gasteiger partial charge >= 0.3 is 0 Å². The first kappa shape index (κ1) is 22.8. The minimum atomic E-state index is -3.62. The van der Waals surface area contributed by atoms with Crippen molar-refractivity contribution in [3.05, 3.63) is 30.2 Å². The molecule has 1 rings (SSSR count). The number of ether oxygens (including phenoxy) is 1. The fourth-order valence-electron chi connectivity index (χ4n) is 1.74. The summed E-state index contributed by atoms with van der Waals surface area (Å²) in [5.74, 6) is -0.227. The molecule has 0 aliphatic carbocycles. The van der Waals surface area contributed by atoms with E-state index in [0.29, 0.717) is 5.69 Å². The van der Waals surface area contributed by atoms with Crippen LogP contribution < -0.4 is 20.7 Å². The molecule has 1 unspecified atom stereocenters. The number of alkyl halides is 3. The predicted octanol–water partition coefficient (Wildman–Crippen LogP) is 2.73. The first-order valence-electron chi connectivity index (χ1n) is 6.87. The van der Waals surface area contributed by atoms with Crippen molar-refractivity contribution in [2.45, 2.75) is 21.8 Å². The van der Waals surface area contributed by atoms with Crippen molar-refractivity contribution in [2.24, 2.45) is 0 Å². The summed E-state index contributed by atoms with van der Waals surface area (Å²) in [5, 5.41) is 8.68. The van der Waals surface area contributed by atoms with Gasteiger partial charge in [0.1, 0.15) is 11.9 Å². The molecule has 0 aliphatic heterocycles. The molecule has 26 heavy (non-hydrogen) atoms. The average molecular weight is 461 g/mol. The van der Waals surface area contributed by atoms with Gasteiger partial charge in [0.15, 0.2) is 14.9 Å². The lowest BCUT2D eigenvalue weighted by atomic mass is 10.3. The maximum Gasteiger partial charge on any atom is 0.228 e. The number of carbonyl (C=O) groups is 1. The fourth-order valence-corrected chi connectivity index (χ4v) is 3.02. The summed E-state index contributed by atoms with van der Waals surface area (Å²) in [5.41, 5.74) is 0.360. The van der Waals surface area contributed by atoms with Gasteiger partial charge in [-0.05, 0) is 24.4 Å². The molecule has 0 aliphatic rings. The van der Waals surface area contributed by atoms with Crippen molar-refractivity contribution >= 4 is 73.6 Å². The second-order valence-electron chi connectivity index (χ2n) is 4.85. The Hall–Kier alpha value is -1.26. The minimum Gasteiger partial charge on any atom is -0.495 e. The third-order valence-corrected chi connectivity index (χ3v) is 5.14. The maximum absolute atomic E-state index is 11.8. The third-order valence-electron chi connectivity index (χ3n) is 2.92. The lowest BCUT2D eigenvalue weighted by molar-refractivity contribution is -0.119. The number of methoxy groups -OCH3 is 1. The molecule has 7 nitrogen and oxygen atoms in total. The molecule has 0 fully saturated rings. The van der Waals surface area contributed by atoms with E-state index in [1.165, 1.54) is 32.2 Å². The normalized spacial score (nSPS) is 12.7. The van der Waals surface area contributed by atoms with Gasteiger partial charge in [0.2, 0.25) is 9.70 Å². The second-order valence-corrected chi connectivity index (χ2v) is 9.52. The fraction of sp³-hybridized carbons (Fsp3) is 0.286. The summed E-state index contributed by atoms with van der Waals surface area (Å²) < 4.78 is 27.0. The van der Waals surface area contributed by atoms with Gasteiger partial charge in [-0.25, -0.2) is 8.42 Å². The van der Waals surface area contributed by atoms with Crippen LogP contribution in [0.2, 0.25) is 0 Å². The van der Waals surface area contributed by atoms with Gasteiger partial charge < -0.3 is 20.7 Å². The van der Waals surface area contributed by atoms with E-state index in [0.717, 1.165) is 5.41 Å². The van der Waals surface area contributed by atoms with E-state index < -0.39 is 25.7 Å². The number of hydrogen-bond acceptors (Lipinski definition) is 5. The average Bonchev–Trinajstić information content (AvgIpc) is 2.53. The van der Waals surface area contributed by atoms with Crippen molar-refractivity contribution in [2.75, 3.05) is 12.4 Å².